The lowest BCUT2D eigenvalue weighted by Gasteiger charge is -2.28. The van der Waals surface area contributed by atoms with E-state index >= 15 is 0 Å². The number of unbranched alkanes of at least 4 members (excludes halogenated alkanes) is 2. The molecule has 6 heteroatoms. The molecule has 0 bridgehead atoms. The van der Waals surface area contributed by atoms with Crippen LogP contribution in [-0.2, 0) is 16.1 Å². The molecule has 1 aromatic carbocycles. The van der Waals surface area contributed by atoms with Crippen molar-refractivity contribution >= 4 is 17.6 Å². The number of carboxylic acids is 1. The number of hydrogen-bond acceptors (Lipinski definition) is 4. The minimum absolute atomic E-state index is 0.181. The van der Waals surface area contributed by atoms with Crippen LogP contribution in [-0.4, -0.2) is 27.7 Å². The summed E-state index contributed by atoms with van der Waals surface area (Å²) in [4.78, 5) is 19.0. The molecule has 5 nitrogen and oxygen atoms in total. The Hall–Kier alpha value is -2.14. The van der Waals surface area contributed by atoms with Crippen LogP contribution >= 0.6 is 11.6 Å². The van der Waals surface area contributed by atoms with Gasteiger partial charge in [0.1, 0.15) is 0 Å². The molecule has 1 unspecified atom stereocenters. The second-order valence-corrected chi connectivity index (χ2v) is 8.97. The Kier molecular flexibility index (Phi) is 10.3. The Morgan fingerprint density at radius 3 is 2.55 bits per heavy atom. The SMILES string of the molecule is CC[C@H](C)CCCCCOc1nccc([C@](Cl)(C(=O)O)C(C)CCc2ccccc2)n1. The Balaban J connectivity index is 1.96. The van der Waals surface area contributed by atoms with E-state index in [1.165, 1.54) is 25.5 Å². The minimum atomic E-state index is -1.63. The molecule has 1 aromatic heterocycles. The zero-order chi connectivity index (χ0) is 22.7. The Morgan fingerprint density at radius 1 is 1.13 bits per heavy atom. The first-order chi connectivity index (χ1) is 14.9. The van der Waals surface area contributed by atoms with Crippen molar-refractivity contribution in [3.63, 3.8) is 0 Å². The standard InChI is InChI=1S/C25H35ClN2O3/c1-4-19(2)11-7-6-10-18-31-24-27-17-16-22(28-24)25(26,23(29)30)20(3)14-15-21-12-8-5-9-13-21/h5,8-9,12-13,16-17,19-20H,4,6-7,10-11,14-15,18H2,1-3H3,(H,29,30)/t19-,20?,25-/m0/s1. The summed E-state index contributed by atoms with van der Waals surface area (Å²) < 4.78 is 5.69. The summed E-state index contributed by atoms with van der Waals surface area (Å²) in [5.74, 6) is -0.683. The molecule has 3 atom stereocenters. The van der Waals surface area contributed by atoms with Crippen molar-refractivity contribution in [1.82, 2.24) is 9.97 Å². The number of aromatic nitrogens is 2. The third-order valence-corrected chi connectivity index (χ3v) is 6.70. The van der Waals surface area contributed by atoms with Gasteiger partial charge in [-0.2, -0.15) is 4.98 Å². The molecule has 0 aliphatic carbocycles. The maximum Gasteiger partial charge on any atom is 0.331 e. The highest BCUT2D eigenvalue weighted by Gasteiger charge is 2.45. The number of rotatable bonds is 14. The number of nitrogens with zero attached hydrogens (tertiary/aromatic N) is 2. The molecule has 0 radical (unpaired) electrons. The van der Waals surface area contributed by atoms with Gasteiger partial charge in [0.25, 0.3) is 0 Å². The van der Waals surface area contributed by atoms with Crippen LogP contribution in [0, 0.1) is 11.8 Å². The third kappa shape index (κ3) is 7.49. The van der Waals surface area contributed by atoms with Crippen LogP contribution in [0.5, 0.6) is 6.01 Å². The molecule has 2 rings (SSSR count). The van der Waals surface area contributed by atoms with E-state index in [0.29, 0.717) is 13.0 Å². The zero-order valence-electron chi connectivity index (χ0n) is 18.9. The Bertz CT molecular complexity index is 802. The fourth-order valence-corrected chi connectivity index (χ4v) is 3.77. The quantitative estimate of drug-likeness (QED) is 0.274. The van der Waals surface area contributed by atoms with Crippen molar-refractivity contribution in [3.8, 4) is 6.01 Å². The first-order valence-corrected chi connectivity index (χ1v) is 11.7. The van der Waals surface area contributed by atoms with E-state index in [0.717, 1.165) is 30.7 Å². The summed E-state index contributed by atoms with van der Waals surface area (Å²) in [6.45, 7) is 6.85. The fraction of sp³-hybridized carbons (Fsp3) is 0.560. The molecule has 0 amide bonds. The number of carbonyl (C=O) groups is 1. The van der Waals surface area contributed by atoms with E-state index in [-0.39, 0.29) is 17.6 Å². The molecular weight excluding hydrogens is 412 g/mol. The molecule has 0 saturated heterocycles. The van der Waals surface area contributed by atoms with Gasteiger partial charge in [0.15, 0.2) is 4.87 Å². The van der Waals surface area contributed by atoms with Gasteiger partial charge in [-0.1, -0.05) is 88.4 Å². The number of benzene rings is 1. The monoisotopic (exact) mass is 446 g/mol. The smallest absolute Gasteiger partial charge is 0.331 e. The molecule has 0 fully saturated rings. The summed E-state index contributed by atoms with van der Waals surface area (Å²) in [7, 11) is 0. The van der Waals surface area contributed by atoms with E-state index in [1.54, 1.807) is 6.07 Å². The van der Waals surface area contributed by atoms with Gasteiger partial charge < -0.3 is 9.84 Å². The first kappa shape index (κ1) is 25.1. The Labute approximate surface area is 191 Å². The number of alkyl halides is 1. The van der Waals surface area contributed by atoms with Crippen LogP contribution in [0.25, 0.3) is 0 Å². The van der Waals surface area contributed by atoms with Crippen LogP contribution in [0.2, 0.25) is 0 Å². The fourth-order valence-electron chi connectivity index (χ4n) is 3.55. The van der Waals surface area contributed by atoms with Crippen LogP contribution in [0.3, 0.4) is 0 Å². The van der Waals surface area contributed by atoms with Gasteiger partial charge in [-0.25, -0.2) is 9.78 Å². The Morgan fingerprint density at radius 2 is 1.87 bits per heavy atom. The molecule has 0 spiro atoms. The van der Waals surface area contributed by atoms with Crippen molar-refractivity contribution in [1.29, 1.82) is 0 Å². The van der Waals surface area contributed by atoms with Gasteiger partial charge in [0, 0.05) is 6.20 Å². The number of aliphatic carboxylic acids is 1. The molecule has 1 N–H and O–H groups in total. The lowest BCUT2D eigenvalue weighted by atomic mass is 9.85. The van der Waals surface area contributed by atoms with Crippen LogP contribution in [0.4, 0.5) is 0 Å². The molecule has 31 heavy (non-hydrogen) atoms. The average Bonchev–Trinajstić information content (AvgIpc) is 2.79. The molecule has 0 saturated carbocycles. The lowest BCUT2D eigenvalue weighted by Crippen LogP contribution is -2.38. The van der Waals surface area contributed by atoms with Gasteiger partial charge in [-0.3, -0.25) is 0 Å². The van der Waals surface area contributed by atoms with E-state index < -0.39 is 10.8 Å². The van der Waals surface area contributed by atoms with E-state index in [9.17, 15) is 9.90 Å². The number of halogens is 1. The summed E-state index contributed by atoms with van der Waals surface area (Å²) >= 11 is 6.69. The number of carboxylic acid groups (broad SMARTS) is 1. The zero-order valence-corrected chi connectivity index (χ0v) is 19.6. The third-order valence-electron chi connectivity index (χ3n) is 5.97. The second-order valence-electron chi connectivity index (χ2n) is 8.38. The van der Waals surface area contributed by atoms with Crippen LogP contribution in [0.15, 0.2) is 42.6 Å². The van der Waals surface area contributed by atoms with Crippen molar-refractivity contribution in [2.24, 2.45) is 11.8 Å². The predicted octanol–water partition coefficient (Wildman–Crippen LogP) is 6.25. The summed E-state index contributed by atoms with van der Waals surface area (Å²) in [6.07, 6.45) is 8.52. The highest BCUT2D eigenvalue weighted by atomic mass is 35.5. The van der Waals surface area contributed by atoms with Crippen molar-refractivity contribution in [2.75, 3.05) is 6.61 Å². The van der Waals surface area contributed by atoms with E-state index in [4.69, 9.17) is 16.3 Å². The van der Waals surface area contributed by atoms with Gasteiger partial charge in [-0.05, 0) is 42.7 Å². The highest BCUT2D eigenvalue weighted by Crippen LogP contribution is 2.39. The van der Waals surface area contributed by atoms with Gasteiger partial charge in [-0.15, -0.1) is 0 Å². The highest BCUT2D eigenvalue weighted by molar-refractivity contribution is 6.33. The normalized spacial score (nSPS) is 15.1. The van der Waals surface area contributed by atoms with E-state index in [1.807, 2.05) is 37.3 Å². The summed E-state index contributed by atoms with van der Waals surface area (Å²) in [6, 6.07) is 11.7. The average molecular weight is 447 g/mol. The molecule has 0 aliphatic rings. The number of hydrogen-bond donors (Lipinski definition) is 1. The second kappa shape index (κ2) is 12.7. The van der Waals surface area contributed by atoms with Crippen molar-refractivity contribution in [2.45, 2.75) is 70.6 Å². The van der Waals surface area contributed by atoms with Crippen molar-refractivity contribution < 1.29 is 14.6 Å². The molecule has 2 aromatic rings. The maximum absolute atomic E-state index is 12.2. The number of aryl methyl sites for hydroxylation is 1. The largest absolute Gasteiger partial charge is 0.480 e. The molecule has 170 valence electrons. The van der Waals surface area contributed by atoms with Gasteiger partial charge >= 0.3 is 12.0 Å². The number of ether oxygens (including phenoxy) is 1. The lowest BCUT2D eigenvalue weighted by molar-refractivity contribution is -0.142. The molecular formula is C25H35ClN2O3. The maximum atomic E-state index is 12.2. The first-order valence-electron chi connectivity index (χ1n) is 11.3. The predicted molar refractivity (Wildman–Crippen MR) is 125 cm³/mol. The topological polar surface area (TPSA) is 72.3 Å². The van der Waals surface area contributed by atoms with Gasteiger partial charge in [0.2, 0.25) is 0 Å². The minimum Gasteiger partial charge on any atom is -0.480 e. The van der Waals surface area contributed by atoms with Crippen LogP contribution in [0.1, 0.15) is 70.6 Å². The summed E-state index contributed by atoms with van der Waals surface area (Å²) in [5.41, 5.74) is 1.42. The van der Waals surface area contributed by atoms with Crippen molar-refractivity contribution in [3.05, 3.63) is 53.9 Å². The molecule has 0 aliphatic heterocycles. The summed E-state index contributed by atoms with van der Waals surface area (Å²) in [5, 5.41) is 9.95. The van der Waals surface area contributed by atoms with E-state index in [2.05, 4.69) is 23.8 Å². The van der Waals surface area contributed by atoms with Gasteiger partial charge in [0.05, 0.1) is 12.3 Å². The van der Waals surface area contributed by atoms with Crippen LogP contribution < -0.4 is 4.74 Å². The molecule has 1 heterocycles.